The Labute approximate surface area is 157 Å². The van der Waals surface area contributed by atoms with Crippen molar-refractivity contribution < 1.29 is 14.0 Å². The highest BCUT2D eigenvalue weighted by Gasteiger charge is 2.22. The highest BCUT2D eigenvalue weighted by molar-refractivity contribution is 6.04. The fourth-order valence-corrected chi connectivity index (χ4v) is 2.69. The van der Waals surface area contributed by atoms with Gasteiger partial charge < -0.3 is 10.3 Å². The van der Waals surface area contributed by atoms with Crippen LogP contribution in [0, 0.1) is 19.7 Å². The number of rotatable bonds is 4. The van der Waals surface area contributed by atoms with E-state index in [1.165, 1.54) is 6.33 Å². The van der Waals surface area contributed by atoms with E-state index in [1.807, 2.05) is 32.0 Å². The Kier molecular flexibility index (Phi) is 4.89. The molecule has 0 radical (unpaired) electrons. The van der Waals surface area contributed by atoms with Crippen LogP contribution in [-0.2, 0) is 4.84 Å². The van der Waals surface area contributed by atoms with Gasteiger partial charge in [0.05, 0.1) is 28.7 Å². The molecular weight excluding hydrogens is 347 g/mol. The summed E-state index contributed by atoms with van der Waals surface area (Å²) < 4.78 is 15.1. The fourth-order valence-electron chi connectivity index (χ4n) is 2.69. The second-order valence-corrected chi connectivity index (χ2v) is 7.50. The van der Waals surface area contributed by atoms with E-state index in [9.17, 15) is 4.79 Å². The van der Waals surface area contributed by atoms with Crippen molar-refractivity contribution in [3.63, 3.8) is 0 Å². The Hall–Kier alpha value is -2.93. The molecule has 0 fully saturated rings. The summed E-state index contributed by atoms with van der Waals surface area (Å²) in [6.45, 7) is 9.32. The first kappa shape index (κ1) is 18.8. The summed E-state index contributed by atoms with van der Waals surface area (Å²) in [6, 6.07) is 7.31. The van der Waals surface area contributed by atoms with Crippen LogP contribution in [0.2, 0.25) is 0 Å². The van der Waals surface area contributed by atoms with E-state index in [0.717, 1.165) is 11.1 Å². The fraction of sp³-hybridized carbons (Fsp3) is 0.300. The second kappa shape index (κ2) is 7.00. The van der Waals surface area contributed by atoms with Crippen LogP contribution in [-0.4, -0.2) is 21.5 Å². The first-order chi connectivity index (χ1) is 12.7. The molecule has 0 bridgehead atoms. The van der Waals surface area contributed by atoms with Gasteiger partial charge in [-0.3, -0.25) is 9.63 Å². The number of H-pyrrole nitrogens is 1. The molecule has 0 aliphatic heterocycles. The zero-order valence-corrected chi connectivity index (χ0v) is 16.0. The lowest BCUT2D eigenvalue weighted by atomic mass is 10.1. The highest BCUT2D eigenvalue weighted by atomic mass is 19.1. The lowest BCUT2D eigenvalue weighted by Crippen LogP contribution is -2.34. The summed E-state index contributed by atoms with van der Waals surface area (Å²) in [5.41, 5.74) is 5.32. The van der Waals surface area contributed by atoms with Crippen LogP contribution in [0.15, 0.2) is 30.6 Å². The molecule has 1 heterocycles. The Morgan fingerprint density at radius 1 is 1.22 bits per heavy atom. The van der Waals surface area contributed by atoms with Crippen LogP contribution in [0.3, 0.4) is 0 Å². The Bertz CT molecular complexity index is 1010. The number of amides is 1. The average Bonchev–Trinajstić information content (AvgIpc) is 3.05. The number of aryl methyl sites for hydroxylation is 2. The topological polar surface area (TPSA) is 79.0 Å². The van der Waals surface area contributed by atoms with Gasteiger partial charge in [0.2, 0.25) is 0 Å². The predicted molar refractivity (Wildman–Crippen MR) is 104 cm³/mol. The minimum absolute atomic E-state index is 0.0524. The van der Waals surface area contributed by atoms with Gasteiger partial charge >= 0.3 is 0 Å². The third kappa shape index (κ3) is 4.09. The normalized spacial score (nSPS) is 11.6. The third-order valence-electron chi connectivity index (χ3n) is 3.99. The number of halogens is 1. The number of imidazole rings is 1. The zero-order valence-electron chi connectivity index (χ0n) is 16.0. The zero-order chi connectivity index (χ0) is 19.8. The molecule has 0 aliphatic rings. The molecule has 7 heteroatoms. The summed E-state index contributed by atoms with van der Waals surface area (Å²) in [5, 5.41) is 3.05. The average molecular weight is 370 g/mol. The van der Waals surface area contributed by atoms with Gasteiger partial charge in [-0.2, -0.15) is 0 Å². The molecule has 0 saturated carbocycles. The molecular formula is C20H23FN4O2. The number of anilines is 2. The number of aromatic nitrogens is 2. The Balaban J connectivity index is 2.06. The lowest BCUT2D eigenvalue weighted by Gasteiger charge is -2.20. The van der Waals surface area contributed by atoms with Crippen molar-refractivity contribution in [2.45, 2.75) is 40.2 Å². The van der Waals surface area contributed by atoms with Crippen molar-refractivity contribution in [3.8, 4) is 0 Å². The molecule has 0 aliphatic carbocycles. The molecule has 3 aromatic rings. The molecule has 3 N–H and O–H groups in total. The van der Waals surface area contributed by atoms with Gasteiger partial charge in [0.1, 0.15) is 5.52 Å². The molecule has 0 atom stereocenters. The van der Waals surface area contributed by atoms with Crippen molar-refractivity contribution in [1.82, 2.24) is 15.4 Å². The van der Waals surface area contributed by atoms with Gasteiger partial charge in [-0.1, -0.05) is 17.7 Å². The van der Waals surface area contributed by atoms with E-state index in [-0.39, 0.29) is 16.8 Å². The van der Waals surface area contributed by atoms with E-state index < -0.39 is 17.3 Å². The summed E-state index contributed by atoms with van der Waals surface area (Å²) in [6.07, 6.45) is 1.39. The van der Waals surface area contributed by atoms with Crippen LogP contribution in [0.1, 0.15) is 42.3 Å². The van der Waals surface area contributed by atoms with Crippen molar-refractivity contribution in [2.75, 3.05) is 5.32 Å². The number of nitrogens with zero attached hydrogens (tertiary/aromatic N) is 1. The minimum Gasteiger partial charge on any atom is -0.352 e. The van der Waals surface area contributed by atoms with Crippen LogP contribution in [0.25, 0.3) is 11.0 Å². The SMILES string of the molecule is Cc1ccc(Nc2c(C(=O)NOC(C)(C)C)cc3[nH]cnc3c2F)c(C)c1. The molecule has 3 rings (SSSR count). The maximum absolute atomic E-state index is 15.1. The van der Waals surface area contributed by atoms with Crippen LogP contribution in [0.4, 0.5) is 15.8 Å². The number of carbonyl (C=O) groups excluding carboxylic acids is 1. The standard InChI is InChI=1S/C20H23FN4O2/c1-11-6-7-14(12(2)8-11)24-17-13(19(26)25-27-20(3,4)5)9-15-18(16(17)21)23-10-22-15/h6-10,24H,1-5H3,(H,22,23)(H,25,26). The molecule has 6 nitrogen and oxygen atoms in total. The predicted octanol–water partition coefficient (Wildman–Crippen LogP) is 4.52. The van der Waals surface area contributed by atoms with Crippen LogP contribution in [0.5, 0.6) is 0 Å². The molecule has 142 valence electrons. The second-order valence-electron chi connectivity index (χ2n) is 7.50. The van der Waals surface area contributed by atoms with Gasteiger partial charge in [-0.05, 0) is 52.3 Å². The largest absolute Gasteiger partial charge is 0.352 e. The number of hydrogen-bond donors (Lipinski definition) is 3. The maximum Gasteiger partial charge on any atom is 0.277 e. The molecule has 0 unspecified atom stereocenters. The number of hydrogen-bond acceptors (Lipinski definition) is 4. The molecule has 0 spiro atoms. The Morgan fingerprint density at radius 3 is 2.63 bits per heavy atom. The molecule has 0 saturated heterocycles. The van der Waals surface area contributed by atoms with Crippen LogP contribution >= 0.6 is 0 Å². The van der Waals surface area contributed by atoms with Gasteiger partial charge in [0.15, 0.2) is 5.82 Å². The number of carbonyl (C=O) groups is 1. The van der Waals surface area contributed by atoms with Crippen molar-refractivity contribution in [2.24, 2.45) is 0 Å². The smallest absolute Gasteiger partial charge is 0.277 e. The summed E-state index contributed by atoms with van der Waals surface area (Å²) >= 11 is 0. The van der Waals surface area contributed by atoms with Crippen molar-refractivity contribution in [3.05, 3.63) is 53.1 Å². The van der Waals surface area contributed by atoms with E-state index in [2.05, 4.69) is 20.8 Å². The molecule has 2 aromatic carbocycles. The number of fused-ring (bicyclic) bond motifs is 1. The Morgan fingerprint density at radius 2 is 1.96 bits per heavy atom. The number of hydroxylamine groups is 1. The summed E-state index contributed by atoms with van der Waals surface area (Å²) in [4.78, 5) is 24.9. The number of aromatic amines is 1. The molecule has 27 heavy (non-hydrogen) atoms. The van der Waals surface area contributed by atoms with Gasteiger partial charge in [-0.25, -0.2) is 14.9 Å². The van der Waals surface area contributed by atoms with E-state index >= 15 is 4.39 Å². The number of benzene rings is 2. The van der Waals surface area contributed by atoms with E-state index in [0.29, 0.717) is 11.2 Å². The van der Waals surface area contributed by atoms with Gasteiger partial charge in [0, 0.05) is 5.69 Å². The first-order valence-corrected chi connectivity index (χ1v) is 8.64. The summed E-state index contributed by atoms with van der Waals surface area (Å²) in [7, 11) is 0. The number of nitrogens with one attached hydrogen (secondary N) is 3. The third-order valence-corrected chi connectivity index (χ3v) is 3.99. The van der Waals surface area contributed by atoms with E-state index in [1.54, 1.807) is 26.8 Å². The first-order valence-electron chi connectivity index (χ1n) is 8.64. The quantitative estimate of drug-likeness (QED) is 0.590. The lowest BCUT2D eigenvalue weighted by molar-refractivity contribution is -0.0589. The molecule has 1 amide bonds. The minimum atomic E-state index is -0.602. The van der Waals surface area contributed by atoms with Gasteiger partial charge in [0.25, 0.3) is 5.91 Å². The molecule has 1 aromatic heterocycles. The van der Waals surface area contributed by atoms with Crippen molar-refractivity contribution >= 4 is 28.3 Å². The summed E-state index contributed by atoms with van der Waals surface area (Å²) in [5.74, 6) is -1.15. The van der Waals surface area contributed by atoms with E-state index in [4.69, 9.17) is 4.84 Å². The highest BCUT2D eigenvalue weighted by Crippen LogP contribution is 2.31. The maximum atomic E-state index is 15.1. The van der Waals surface area contributed by atoms with Crippen LogP contribution < -0.4 is 10.8 Å². The van der Waals surface area contributed by atoms with Gasteiger partial charge in [-0.15, -0.1) is 0 Å². The van der Waals surface area contributed by atoms with Crippen molar-refractivity contribution in [1.29, 1.82) is 0 Å². The monoisotopic (exact) mass is 370 g/mol.